The Kier molecular flexibility index (Phi) is 6.57. The van der Waals surface area contributed by atoms with Gasteiger partial charge in [-0.2, -0.15) is 0 Å². The molecule has 0 aliphatic carbocycles. The number of carbonyl (C=O) groups is 2. The van der Waals surface area contributed by atoms with Crippen LogP contribution in [0, 0.1) is 12.3 Å². The first-order valence-corrected chi connectivity index (χ1v) is 11.0. The van der Waals surface area contributed by atoms with Gasteiger partial charge in [-0.3, -0.25) is 19.5 Å². The minimum Gasteiger partial charge on any atom is -0.380 e. The van der Waals surface area contributed by atoms with Crippen molar-refractivity contribution < 1.29 is 18.8 Å². The number of piperidine rings is 1. The first-order valence-electron chi connectivity index (χ1n) is 11.0. The maximum atomic E-state index is 13.0. The van der Waals surface area contributed by atoms with Gasteiger partial charge in [-0.05, 0) is 50.8 Å². The van der Waals surface area contributed by atoms with Gasteiger partial charge in [0.1, 0.15) is 5.76 Å². The van der Waals surface area contributed by atoms with Crippen molar-refractivity contribution in [2.75, 3.05) is 33.8 Å². The Morgan fingerprint density at radius 2 is 2.09 bits per heavy atom. The van der Waals surface area contributed by atoms with E-state index in [4.69, 9.17) is 9.26 Å². The Morgan fingerprint density at radius 1 is 1.31 bits per heavy atom. The van der Waals surface area contributed by atoms with E-state index in [-0.39, 0.29) is 23.3 Å². The Hall–Kier alpha value is -2.78. The monoisotopic (exact) mass is 441 g/mol. The van der Waals surface area contributed by atoms with Gasteiger partial charge >= 0.3 is 0 Å². The second-order valence-electron chi connectivity index (χ2n) is 8.97. The molecule has 1 N–H and O–H groups in total. The minimum absolute atomic E-state index is 0.0378. The first kappa shape index (κ1) is 22.4. The van der Waals surface area contributed by atoms with Gasteiger partial charge in [0, 0.05) is 32.9 Å². The third kappa shape index (κ3) is 4.54. The highest BCUT2D eigenvalue weighted by atomic mass is 16.5. The second-order valence-corrected chi connectivity index (χ2v) is 8.97. The lowest BCUT2D eigenvalue weighted by molar-refractivity contribution is -0.125. The third-order valence-electron chi connectivity index (χ3n) is 6.80. The van der Waals surface area contributed by atoms with Crippen LogP contribution in [-0.2, 0) is 22.7 Å². The van der Waals surface area contributed by atoms with Gasteiger partial charge in [-0.1, -0.05) is 11.2 Å². The summed E-state index contributed by atoms with van der Waals surface area (Å²) in [7, 11) is 3.59. The molecule has 2 aromatic rings. The molecule has 172 valence electrons. The number of aromatic nitrogens is 2. The van der Waals surface area contributed by atoms with E-state index in [9.17, 15) is 9.59 Å². The Labute approximate surface area is 188 Å². The van der Waals surface area contributed by atoms with E-state index in [1.807, 2.05) is 30.1 Å². The molecule has 32 heavy (non-hydrogen) atoms. The van der Waals surface area contributed by atoms with Crippen molar-refractivity contribution in [3.05, 3.63) is 47.1 Å². The lowest BCUT2D eigenvalue weighted by Gasteiger charge is -2.39. The van der Waals surface area contributed by atoms with Crippen molar-refractivity contribution in [2.45, 2.75) is 45.4 Å². The Balaban J connectivity index is 1.34. The fraction of sp³-hybridized carbons (Fsp3) is 0.565. The van der Waals surface area contributed by atoms with Gasteiger partial charge in [-0.25, -0.2) is 0 Å². The summed E-state index contributed by atoms with van der Waals surface area (Å²) in [6.45, 7) is 4.67. The van der Waals surface area contributed by atoms with Crippen LogP contribution in [0.1, 0.15) is 46.8 Å². The van der Waals surface area contributed by atoms with Crippen molar-refractivity contribution in [1.29, 1.82) is 0 Å². The highest BCUT2D eigenvalue weighted by Gasteiger charge is 2.47. The van der Waals surface area contributed by atoms with Crippen molar-refractivity contribution in [3.63, 3.8) is 0 Å². The molecule has 2 fully saturated rings. The third-order valence-corrected chi connectivity index (χ3v) is 6.80. The number of hydrogen-bond donors (Lipinski definition) is 1. The van der Waals surface area contributed by atoms with Crippen LogP contribution in [0.5, 0.6) is 0 Å². The molecule has 0 bridgehead atoms. The van der Waals surface area contributed by atoms with Crippen LogP contribution in [0.4, 0.5) is 0 Å². The molecule has 2 saturated heterocycles. The average molecular weight is 442 g/mol. The lowest BCUT2D eigenvalue weighted by Crippen LogP contribution is -2.44. The predicted octanol–water partition coefficient (Wildman–Crippen LogP) is 1.77. The van der Waals surface area contributed by atoms with Gasteiger partial charge in [-0.15, -0.1) is 0 Å². The second kappa shape index (κ2) is 9.38. The Bertz CT molecular complexity index is 953. The summed E-state index contributed by atoms with van der Waals surface area (Å²) in [5.74, 6) is 0.538. The van der Waals surface area contributed by atoms with Crippen LogP contribution in [0.3, 0.4) is 0 Å². The number of hydrogen-bond acceptors (Lipinski definition) is 7. The topological polar surface area (TPSA) is 101 Å². The number of ether oxygens (including phenoxy) is 1. The summed E-state index contributed by atoms with van der Waals surface area (Å²) >= 11 is 0. The molecule has 2 aromatic heterocycles. The number of nitrogens with zero attached hydrogens (tertiary/aromatic N) is 4. The van der Waals surface area contributed by atoms with E-state index in [1.54, 1.807) is 20.2 Å². The highest BCUT2D eigenvalue weighted by molar-refractivity contribution is 5.93. The van der Waals surface area contributed by atoms with E-state index in [2.05, 4.69) is 20.4 Å². The molecular weight excluding hydrogens is 410 g/mol. The standard InChI is InChI=1S/C23H31N5O4/c1-16-18(14-31-3)20(26-32-16)22(30)28-10-7-23(8-11-28)12-19(27(2)15-23)21(29)25-13-17-6-4-5-9-24-17/h4-6,9,19H,7-8,10-15H2,1-3H3,(H,25,29). The summed E-state index contributed by atoms with van der Waals surface area (Å²) in [5.41, 5.74) is 1.95. The zero-order valence-electron chi connectivity index (χ0n) is 19.0. The molecular formula is C23H31N5O4. The number of pyridine rings is 1. The highest BCUT2D eigenvalue weighted by Crippen LogP contribution is 2.43. The maximum absolute atomic E-state index is 13.0. The summed E-state index contributed by atoms with van der Waals surface area (Å²) in [4.78, 5) is 34.1. The molecule has 1 unspecified atom stereocenters. The average Bonchev–Trinajstić information content (AvgIpc) is 3.33. The number of carbonyl (C=O) groups excluding carboxylic acids is 2. The van der Waals surface area contributed by atoms with Crippen LogP contribution in [0.2, 0.25) is 0 Å². The zero-order valence-corrected chi connectivity index (χ0v) is 19.0. The van der Waals surface area contributed by atoms with Gasteiger partial charge in [0.15, 0.2) is 5.69 Å². The van der Waals surface area contributed by atoms with Crippen LogP contribution in [-0.4, -0.2) is 71.6 Å². The van der Waals surface area contributed by atoms with Gasteiger partial charge in [0.25, 0.3) is 5.91 Å². The van der Waals surface area contributed by atoms with Crippen molar-refractivity contribution in [3.8, 4) is 0 Å². The molecule has 2 aliphatic heterocycles. The largest absolute Gasteiger partial charge is 0.380 e. The maximum Gasteiger partial charge on any atom is 0.276 e. The fourth-order valence-corrected chi connectivity index (χ4v) is 4.93. The summed E-state index contributed by atoms with van der Waals surface area (Å²) in [6, 6.07) is 5.52. The minimum atomic E-state index is -0.160. The van der Waals surface area contributed by atoms with Crippen LogP contribution >= 0.6 is 0 Å². The van der Waals surface area contributed by atoms with Crippen LogP contribution in [0.25, 0.3) is 0 Å². The molecule has 4 rings (SSSR count). The molecule has 0 radical (unpaired) electrons. The van der Waals surface area contributed by atoms with Crippen molar-refractivity contribution in [2.24, 2.45) is 5.41 Å². The lowest BCUT2D eigenvalue weighted by atomic mass is 9.76. The van der Waals surface area contributed by atoms with Gasteiger partial charge in [0.2, 0.25) is 5.91 Å². The quantitative estimate of drug-likeness (QED) is 0.729. The number of methoxy groups -OCH3 is 1. The molecule has 1 spiro atoms. The number of aryl methyl sites for hydroxylation is 1. The van der Waals surface area contributed by atoms with E-state index in [0.29, 0.717) is 43.3 Å². The van der Waals surface area contributed by atoms with Gasteiger partial charge in [0.05, 0.1) is 30.5 Å². The number of nitrogens with one attached hydrogen (secondary N) is 1. The van der Waals surface area contributed by atoms with E-state index < -0.39 is 0 Å². The summed E-state index contributed by atoms with van der Waals surface area (Å²) in [5, 5.41) is 7.00. The molecule has 1 atom stereocenters. The number of likely N-dealkylation sites (N-methyl/N-ethyl adjacent to an activating group) is 1. The van der Waals surface area contributed by atoms with E-state index in [1.165, 1.54) is 0 Å². The molecule has 2 aliphatic rings. The number of amides is 2. The van der Waals surface area contributed by atoms with Crippen molar-refractivity contribution >= 4 is 11.8 Å². The van der Waals surface area contributed by atoms with Gasteiger partial charge < -0.3 is 19.5 Å². The Morgan fingerprint density at radius 3 is 2.78 bits per heavy atom. The molecule has 9 heteroatoms. The van der Waals surface area contributed by atoms with Crippen molar-refractivity contribution in [1.82, 2.24) is 25.3 Å². The number of rotatable bonds is 6. The van der Waals surface area contributed by atoms with Crippen LogP contribution in [0.15, 0.2) is 28.9 Å². The summed E-state index contributed by atoms with van der Waals surface area (Å²) in [6.07, 6.45) is 4.26. The van der Waals surface area contributed by atoms with E-state index >= 15 is 0 Å². The fourth-order valence-electron chi connectivity index (χ4n) is 4.93. The molecule has 9 nitrogen and oxygen atoms in total. The molecule has 4 heterocycles. The smallest absolute Gasteiger partial charge is 0.276 e. The van der Waals surface area contributed by atoms with Crippen LogP contribution < -0.4 is 5.32 Å². The normalized spacial score (nSPS) is 20.6. The summed E-state index contributed by atoms with van der Waals surface area (Å²) < 4.78 is 10.4. The SMILES string of the molecule is COCc1c(C(=O)N2CCC3(CC2)CC(C(=O)NCc2ccccn2)N(C)C3)noc1C. The molecule has 2 amide bonds. The van der Waals surface area contributed by atoms with E-state index in [0.717, 1.165) is 31.5 Å². The first-order chi connectivity index (χ1) is 15.4. The molecule has 0 saturated carbocycles. The molecule has 0 aromatic carbocycles. The zero-order chi connectivity index (χ0) is 22.7. The predicted molar refractivity (Wildman–Crippen MR) is 117 cm³/mol. The number of likely N-dealkylation sites (tertiary alicyclic amines) is 2.